The summed E-state index contributed by atoms with van der Waals surface area (Å²) in [7, 11) is 0. The van der Waals surface area contributed by atoms with Crippen molar-refractivity contribution in [2.45, 2.75) is 13.1 Å². The summed E-state index contributed by atoms with van der Waals surface area (Å²) in [5.74, 6) is 0. The Hall–Kier alpha value is -1.36. The van der Waals surface area contributed by atoms with Gasteiger partial charge < -0.3 is 0 Å². The highest BCUT2D eigenvalue weighted by Gasteiger charge is 2.30. The zero-order valence-electron chi connectivity index (χ0n) is 8.30. The van der Waals surface area contributed by atoms with E-state index in [9.17, 15) is 13.2 Å². The van der Waals surface area contributed by atoms with Gasteiger partial charge in [0.2, 0.25) is 0 Å². The first-order chi connectivity index (χ1) is 7.47. The van der Waals surface area contributed by atoms with Gasteiger partial charge in [-0.1, -0.05) is 12.1 Å². The molecule has 0 atom stereocenters. The number of alkyl halides is 3. The molecule has 1 aromatic heterocycles. The monoisotopic (exact) mass is 242 g/mol. The standard InChI is InChI=1S/C11H7F3NS/c1-7-6-16-10(15-7)8-2-4-9(5-3-8)11(12,13)14/h2-5H,1H3. The molecule has 83 valence electrons. The summed E-state index contributed by atoms with van der Waals surface area (Å²) < 4.78 is 36.9. The number of rotatable bonds is 1. The van der Waals surface area contributed by atoms with Crippen LogP contribution in [0.5, 0.6) is 0 Å². The minimum Gasteiger partial charge on any atom is -0.241 e. The van der Waals surface area contributed by atoms with E-state index in [0.29, 0.717) is 10.6 Å². The Labute approximate surface area is 94.6 Å². The van der Waals surface area contributed by atoms with E-state index >= 15 is 0 Å². The van der Waals surface area contributed by atoms with Gasteiger partial charge in [0, 0.05) is 5.56 Å². The molecule has 2 aromatic rings. The molecule has 2 rings (SSSR count). The van der Waals surface area contributed by atoms with Crippen molar-refractivity contribution < 1.29 is 13.2 Å². The molecule has 1 heterocycles. The smallest absolute Gasteiger partial charge is 0.241 e. The summed E-state index contributed by atoms with van der Waals surface area (Å²) >= 11 is 1.30. The molecule has 5 heteroatoms. The van der Waals surface area contributed by atoms with E-state index in [1.165, 1.54) is 23.5 Å². The number of aromatic nitrogens is 1. The van der Waals surface area contributed by atoms with Crippen molar-refractivity contribution in [2.24, 2.45) is 0 Å². The maximum absolute atomic E-state index is 12.3. The van der Waals surface area contributed by atoms with Gasteiger partial charge in [0.05, 0.1) is 16.6 Å². The SMILES string of the molecule is Cc1[c]sc(-c2ccc(C(F)(F)F)cc2)n1. The van der Waals surface area contributed by atoms with Crippen molar-refractivity contribution in [3.8, 4) is 10.6 Å². The second-order valence-electron chi connectivity index (χ2n) is 3.28. The van der Waals surface area contributed by atoms with Crippen LogP contribution in [-0.2, 0) is 6.18 Å². The zero-order valence-corrected chi connectivity index (χ0v) is 9.12. The van der Waals surface area contributed by atoms with Crippen LogP contribution < -0.4 is 0 Å². The van der Waals surface area contributed by atoms with Crippen molar-refractivity contribution in [1.82, 2.24) is 4.98 Å². The van der Waals surface area contributed by atoms with E-state index in [0.717, 1.165) is 17.8 Å². The van der Waals surface area contributed by atoms with Crippen LogP contribution in [0, 0.1) is 12.3 Å². The molecule has 0 aliphatic rings. The Bertz CT molecular complexity index is 485. The van der Waals surface area contributed by atoms with Gasteiger partial charge in [-0.3, -0.25) is 0 Å². The third-order valence-corrected chi connectivity index (χ3v) is 2.94. The van der Waals surface area contributed by atoms with Gasteiger partial charge in [-0.05, 0) is 19.1 Å². The largest absolute Gasteiger partial charge is 0.416 e. The molecule has 16 heavy (non-hydrogen) atoms. The van der Waals surface area contributed by atoms with Gasteiger partial charge in [-0.15, -0.1) is 11.3 Å². The third-order valence-electron chi connectivity index (χ3n) is 2.02. The molecule has 0 spiro atoms. The van der Waals surface area contributed by atoms with Crippen LogP contribution in [0.2, 0.25) is 0 Å². The first-order valence-corrected chi connectivity index (χ1v) is 5.31. The van der Waals surface area contributed by atoms with Crippen LogP contribution in [0.15, 0.2) is 24.3 Å². The van der Waals surface area contributed by atoms with Crippen molar-refractivity contribution >= 4 is 11.3 Å². The van der Waals surface area contributed by atoms with Crippen LogP contribution in [-0.4, -0.2) is 4.98 Å². The van der Waals surface area contributed by atoms with Crippen molar-refractivity contribution in [3.05, 3.63) is 40.9 Å². The van der Waals surface area contributed by atoms with Gasteiger partial charge in [0.25, 0.3) is 0 Å². The van der Waals surface area contributed by atoms with Crippen LogP contribution in [0.1, 0.15) is 11.3 Å². The summed E-state index contributed by atoms with van der Waals surface area (Å²) in [4.78, 5) is 4.15. The topological polar surface area (TPSA) is 12.9 Å². The van der Waals surface area contributed by atoms with E-state index in [1.54, 1.807) is 6.92 Å². The molecular formula is C11H7F3NS. The van der Waals surface area contributed by atoms with Crippen LogP contribution >= 0.6 is 11.3 Å². The highest BCUT2D eigenvalue weighted by Crippen LogP contribution is 2.31. The zero-order chi connectivity index (χ0) is 11.8. The van der Waals surface area contributed by atoms with Crippen LogP contribution in [0.4, 0.5) is 13.2 Å². The Morgan fingerprint density at radius 3 is 2.25 bits per heavy atom. The number of nitrogens with zero attached hydrogens (tertiary/aromatic N) is 1. The predicted molar refractivity (Wildman–Crippen MR) is 56.1 cm³/mol. The van der Waals surface area contributed by atoms with Gasteiger partial charge >= 0.3 is 6.18 Å². The molecule has 1 aromatic carbocycles. The third kappa shape index (κ3) is 2.24. The van der Waals surface area contributed by atoms with Gasteiger partial charge in [-0.25, -0.2) is 4.98 Å². The van der Waals surface area contributed by atoms with E-state index in [4.69, 9.17) is 0 Å². The van der Waals surface area contributed by atoms with Crippen molar-refractivity contribution in [1.29, 1.82) is 0 Å². The normalized spacial score (nSPS) is 11.8. The molecule has 0 aliphatic heterocycles. The number of thiazole rings is 1. The molecule has 0 N–H and O–H groups in total. The van der Waals surface area contributed by atoms with Gasteiger partial charge in [0.1, 0.15) is 5.01 Å². The number of halogens is 3. The van der Waals surface area contributed by atoms with Gasteiger partial charge in [-0.2, -0.15) is 13.2 Å². The summed E-state index contributed by atoms with van der Waals surface area (Å²) in [5, 5.41) is 3.61. The van der Waals surface area contributed by atoms with Crippen molar-refractivity contribution in [3.63, 3.8) is 0 Å². The Balaban J connectivity index is 2.33. The quantitative estimate of drug-likeness (QED) is 0.738. The summed E-state index contributed by atoms with van der Waals surface area (Å²) in [6.45, 7) is 1.80. The fraction of sp³-hybridized carbons (Fsp3) is 0.182. The van der Waals surface area contributed by atoms with Crippen LogP contribution in [0.3, 0.4) is 0 Å². The van der Waals surface area contributed by atoms with E-state index < -0.39 is 11.7 Å². The highest BCUT2D eigenvalue weighted by molar-refractivity contribution is 7.12. The predicted octanol–water partition coefficient (Wildman–Crippen LogP) is 3.94. The molecular weight excluding hydrogens is 235 g/mol. The minimum atomic E-state index is -4.29. The number of benzene rings is 1. The molecule has 0 fully saturated rings. The van der Waals surface area contributed by atoms with E-state index in [2.05, 4.69) is 10.4 Å². The molecule has 0 amide bonds. The lowest BCUT2D eigenvalue weighted by Gasteiger charge is -2.06. The molecule has 0 saturated heterocycles. The lowest BCUT2D eigenvalue weighted by molar-refractivity contribution is -0.137. The molecule has 0 aliphatic carbocycles. The maximum atomic E-state index is 12.3. The Kier molecular flexibility index (Phi) is 2.71. The van der Waals surface area contributed by atoms with E-state index in [1.807, 2.05) is 0 Å². The molecule has 0 unspecified atom stereocenters. The Morgan fingerprint density at radius 1 is 1.19 bits per heavy atom. The number of hydrogen-bond donors (Lipinski definition) is 0. The fourth-order valence-corrected chi connectivity index (χ4v) is 1.97. The average molecular weight is 242 g/mol. The Morgan fingerprint density at radius 2 is 1.81 bits per heavy atom. The van der Waals surface area contributed by atoms with Crippen molar-refractivity contribution in [2.75, 3.05) is 0 Å². The molecule has 0 saturated carbocycles. The lowest BCUT2D eigenvalue weighted by Crippen LogP contribution is -2.03. The minimum absolute atomic E-state index is 0.645. The number of aryl methyl sites for hydroxylation is 1. The van der Waals surface area contributed by atoms with Crippen LogP contribution in [0.25, 0.3) is 10.6 Å². The highest BCUT2D eigenvalue weighted by atomic mass is 32.1. The summed E-state index contributed by atoms with van der Waals surface area (Å²) in [6.07, 6.45) is -4.29. The fourth-order valence-electron chi connectivity index (χ4n) is 1.25. The molecule has 1 nitrogen and oxygen atoms in total. The summed E-state index contributed by atoms with van der Waals surface area (Å²) in [6, 6.07) is 4.97. The number of hydrogen-bond acceptors (Lipinski definition) is 2. The average Bonchev–Trinajstić information content (AvgIpc) is 2.64. The summed E-state index contributed by atoms with van der Waals surface area (Å²) in [5.41, 5.74) is 0.788. The first kappa shape index (κ1) is 11.1. The van der Waals surface area contributed by atoms with E-state index in [-0.39, 0.29) is 0 Å². The second kappa shape index (κ2) is 3.90. The second-order valence-corrected chi connectivity index (χ2v) is 4.08. The maximum Gasteiger partial charge on any atom is 0.416 e. The molecule has 0 bridgehead atoms. The van der Waals surface area contributed by atoms with Gasteiger partial charge in [0.15, 0.2) is 0 Å². The lowest BCUT2D eigenvalue weighted by atomic mass is 10.1. The first-order valence-electron chi connectivity index (χ1n) is 4.49. The molecule has 1 radical (unpaired) electrons.